The van der Waals surface area contributed by atoms with Gasteiger partial charge in [-0.1, -0.05) is 0 Å². The fourth-order valence-corrected chi connectivity index (χ4v) is 2.01. The van der Waals surface area contributed by atoms with E-state index in [0.717, 1.165) is 6.07 Å². The molecule has 0 aliphatic carbocycles. The highest BCUT2D eigenvalue weighted by atomic mass is 32.1. The first-order chi connectivity index (χ1) is 9.38. The van der Waals surface area contributed by atoms with E-state index in [1.807, 2.05) is 0 Å². The topological polar surface area (TPSA) is 80.9 Å². The van der Waals surface area contributed by atoms with Crippen LogP contribution in [0.4, 0.5) is 19.0 Å². The first-order valence-corrected chi connectivity index (χ1v) is 6.26. The average Bonchev–Trinajstić information content (AvgIpc) is 2.87. The maximum atomic E-state index is 12.6. The number of halogens is 3. The number of hydrogen-bond acceptors (Lipinski definition) is 5. The summed E-state index contributed by atoms with van der Waals surface area (Å²) in [6.07, 6.45) is -3.02. The summed E-state index contributed by atoms with van der Waals surface area (Å²) in [5, 5.41) is 5.03. The second-order valence-corrected chi connectivity index (χ2v) is 4.71. The summed E-state index contributed by atoms with van der Waals surface area (Å²) in [4.78, 5) is 18.6. The number of pyridine rings is 1. The molecule has 20 heavy (non-hydrogen) atoms. The van der Waals surface area contributed by atoms with Crippen molar-refractivity contribution in [2.45, 2.75) is 12.7 Å². The van der Waals surface area contributed by atoms with Crippen LogP contribution in [-0.2, 0) is 12.7 Å². The normalized spacial score (nSPS) is 11.3. The van der Waals surface area contributed by atoms with Crippen molar-refractivity contribution in [1.29, 1.82) is 0 Å². The van der Waals surface area contributed by atoms with Crippen molar-refractivity contribution in [3.05, 3.63) is 40.0 Å². The fraction of sp³-hybridized carbons (Fsp3) is 0.182. The molecule has 0 aromatic carbocycles. The van der Waals surface area contributed by atoms with Gasteiger partial charge in [-0.3, -0.25) is 4.79 Å². The minimum absolute atomic E-state index is 0.102. The molecule has 0 radical (unpaired) electrons. The van der Waals surface area contributed by atoms with Crippen molar-refractivity contribution in [3.63, 3.8) is 0 Å². The molecule has 3 N–H and O–H groups in total. The summed E-state index contributed by atoms with van der Waals surface area (Å²) in [6.45, 7) is 0.159. The Morgan fingerprint density at radius 2 is 2.15 bits per heavy atom. The van der Waals surface area contributed by atoms with Crippen LogP contribution in [0.2, 0.25) is 0 Å². The van der Waals surface area contributed by atoms with Crippen LogP contribution >= 0.6 is 11.3 Å². The molecule has 0 atom stereocenters. The molecule has 9 heteroatoms. The van der Waals surface area contributed by atoms with Gasteiger partial charge in [0.25, 0.3) is 5.91 Å². The number of nitrogens with zero attached hydrogens (tertiary/aromatic N) is 2. The molecule has 0 fully saturated rings. The second-order valence-electron chi connectivity index (χ2n) is 3.73. The molecule has 0 aliphatic heterocycles. The Kier molecular flexibility index (Phi) is 3.89. The third kappa shape index (κ3) is 3.23. The van der Waals surface area contributed by atoms with E-state index in [1.165, 1.54) is 11.3 Å². The van der Waals surface area contributed by atoms with Crippen LogP contribution < -0.4 is 11.1 Å². The van der Waals surface area contributed by atoms with Gasteiger partial charge < -0.3 is 11.1 Å². The number of aromatic nitrogens is 2. The van der Waals surface area contributed by atoms with Crippen molar-refractivity contribution in [1.82, 2.24) is 9.97 Å². The van der Waals surface area contributed by atoms with Crippen molar-refractivity contribution in [2.75, 3.05) is 5.32 Å². The molecular weight excluding hydrogens is 293 g/mol. The van der Waals surface area contributed by atoms with Crippen LogP contribution in [0.15, 0.2) is 23.7 Å². The van der Waals surface area contributed by atoms with E-state index < -0.39 is 17.8 Å². The molecule has 0 spiro atoms. The monoisotopic (exact) mass is 302 g/mol. The third-order valence-corrected chi connectivity index (χ3v) is 3.12. The molecule has 0 aliphatic rings. The van der Waals surface area contributed by atoms with Gasteiger partial charge in [0.2, 0.25) is 0 Å². The Morgan fingerprint density at radius 3 is 2.70 bits per heavy atom. The largest absolute Gasteiger partial charge is 0.433 e. The Labute approximate surface area is 115 Å². The number of primary amides is 1. The SMILES string of the molecule is NC(=O)c1ccc(C(F)(F)F)nc1NCc1nccs1. The quantitative estimate of drug-likeness (QED) is 0.908. The zero-order chi connectivity index (χ0) is 14.8. The lowest BCUT2D eigenvalue weighted by atomic mass is 10.2. The van der Waals surface area contributed by atoms with Gasteiger partial charge in [0.15, 0.2) is 0 Å². The first-order valence-electron chi connectivity index (χ1n) is 5.38. The first kappa shape index (κ1) is 14.3. The highest BCUT2D eigenvalue weighted by molar-refractivity contribution is 7.09. The number of rotatable bonds is 4. The van der Waals surface area contributed by atoms with Crippen molar-refractivity contribution in [3.8, 4) is 0 Å². The summed E-state index contributed by atoms with van der Waals surface area (Å²) in [5.41, 5.74) is 3.91. The summed E-state index contributed by atoms with van der Waals surface area (Å²) in [7, 11) is 0. The van der Waals surface area contributed by atoms with E-state index in [9.17, 15) is 18.0 Å². The maximum Gasteiger partial charge on any atom is 0.433 e. The van der Waals surface area contributed by atoms with Gasteiger partial charge in [0.1, 0.15) is 16.5 Å². The molecule has 2 aromatic heterocycles. The standard InChI is InChI=1S/C11H9F3N4OS/c12-11(13,14)7-2-1-6(9(15)19)10(18-7)17-5-8-16-3-4-20-8/h1-4H,5H2,(H2,15,19)(H,17,18). The number of amides is 1. The summed E-state index contributed by atoms with van der Waals surface area (Å²) in [6, 6.07) is 1.72. The van der Waals surface area contributed by atoms with Crippen LogP contribution in [0.25, 0.3) is 0 Å². The summed E-state index contributed by atoms with van der Waals surface area (Å²) < 4.78 is 37.8. The highest BCUT2D eigenvalue weighted by Crippen LogP contribution is 2.29. The predicted molar refractivity (Wildman–Crippen MR) is 67.2 cm³/mol. The van der Waals surface area contributed by atoms with Crippen molar-refractivity contribution >= 4 is 23.1 Å². The number of thiazole rings is 1. The average molecular weight is 302 g/mol. The number of alkyl halides is 3. The maximum absolute atomic E-state index is 12.6. The number of carbonyl (C=O) groups is 1. The minimum atomic E-state index is -4.59. The number of carbonyl (C=O) groups excluding carboxylic acids is 1. The van der Waals surface area contributed by atoms with Gasteiger partial charge in [-0.15, -0.1) is 11.3 Å². The van der Waals surface area contributed by atoms with Crippen molar-refractivity contribution < 1.29 is 18.0 Å². The van der Waals surface area contributed by atoms with E-state index in [0.29, 0.717) is 11.1 Å². The lowest BCUT2D eigenvalue weighted by Crippen LogP contribution is -2.18. The lowest BCUT2D eigenvalue weighted by molar-refractivity contribution is -0.141. The molecule has 2 heterocycles. The number of nitrogens with one attached hydrogen (secondary N) is 1. The smallest absolute Gasteiger partial charge is 0.365 e. The Bertz CT molecular complexity index is 613. The van der Waals surface area contributed by atoms with Crippen LogP contribution in [0.5, 0.6) is 0 Å². The fourth-order valence-electron chi connectivity index (χ4n) is 1.45. The third-order valence-electron chi connectivity index (χ3n) is 2.34. The molecule has 106 valence electrons. The summed E-state index contributed by atoms with van der Waals surface area (Å²) in [5.74, 6) is -1.06. The van der Waals surface area contributed by atoms with Gasteiger partial charge in [0.05, 0.1) is 12.1 Å². The van der Waals surface area contributed by atoms with Gasteiger partial charge in [-0.05, 0) is 12.1 Å². The van der Waals surface area contributed by atoms with Gasteiger partial charge in [0, 0.05) is 11.6 Å². The molecule has 0 saturated heterocycles. The molecule has 0 unspecified atom stereocenters. The predicted octanol–water partition coefficient (Wildman–Crippen LogP) is 2.27. The van der Waals surface area contributed by atoms with E-state index in [1.54, 1.807) is 11.6 Å². The lowest BCUT2D eigenvalue weighted by Gasteiger charge is -2.11. The zero-order valence-corrected chi connectivity index (χ0v) is 10.8. The van der Waals surface area contributed by atoms with Crippen LogP contribution in [0.3, 0.4) is 0 Å². The minimum Gasteiger partial charge on any atom is -0.365 e. The van der Waals surface area contributed by atoms with E-state index in [-0.39, 0.29) is 17.9 Å². The van der Waals surface area contributed by atoms with E-state index in [4.69, 9.17) is 5.73 Å². The van der Waals surface area contributed by atoms with Crippen LogP contribution in [0.1, 0.15) is 21.1 Å². The summed E-state index contributed by atoms with van der Waals surface area (Å²) >= 11 is 1.33. The molecular formula is C11H9F3N4OS. The molecule has 0 bridgehead atoms. The van der Waals surface area contributed by atoms with E-state index in [2.05, 4.69) is 15.3 Å². The van der Waals surface area contributed by atoms with Crippen LogP contribution in [0, 0.1) is 0 Å². The molecule has 1 amide bonds. The Balaban J connectivity index is 2.29. The van der Waals surface area contributed by atoms with Crippen molar-refractivity contribution in [2.24, 2.45) is 5.73 Å². The number of nitrogens with two attached hydrogens (primary N) is 1. The zero-order valence-electron chi connectivity index (χ0n) is 9.94. The Hall–Kier alpha value is -2.16. The molecule has 0 saturated carbocycles. The number of hydrogen-bond donors (Lipinski definition) is 2. The van der Waals surface area contributed by atoms with E-state index >= 15 is 0 Å². The Morgan fingerprint density at radius 1 is 1.40 bits per heavy atom. The molecule has 2 rings (SSSR count). The second kappa shape index (κ2) is 5.45. The highest BCUT2D eigenvalue weighted by Gasteiger charge is 2.33. The van der Waals surface area contributed by atoms with Gasteiger partial charge in [-0.2, -0.15) is 13.2 Å². The molecule has 5 nitrogen and oxygen atoms in total. The van der Waals surface area contributed by atoms with Crippen LogP contribution in [-0.4, -0.2) is 15.9 Å². The molecule has 2 aromatic rings. The van der Waals surface area contributed by atoms with Gasteiger partial charge >= 0.3 is 6.18 Å². The number of anilines is 1. The van der Waals surface area contributed by atoms with Gasteiger partial charge in [-0.25, -0.2) is 9.97 Å².